The maximum Gasteiger partial charge on any atom is 0.118 e. The summed E-state index contributed by atoms with van der Waals surface area (Å²) in [5.41, 5.74) is 7.20. The molecule has 1 fully saturated rings. The molecule has 0 unspecified atom stereocenters. The number of hydrogen-bond donors (Lipinski definition) is 1. The van der Waals surface area contributed by atoms with Gasteiger partial charge in [-0.05, 0) is 46.2 Å². The van der Waals surface area contributed by atoms with Gasteiger partial charge in [0.1, 0.15) is 11.5 Å². The molecule has 1 saturated heterocycles. The number of hydrogen-bond acceptors (Lipinski definition) is 3. The normalized spacial score (nSPS) is 20.5. The topological polar surface area (TPSA) is 42.4 Å². The summed E-state index contributed by atoms with van der Waals surface area (Å²) in [6.45, 7) is 9.33. The van der Waals surface area contributed by atoms with Gasteiger partial charge in [0.15, 0.2) is 0 Å². The van der Waals surface area contributed by atoms with E-state index in [2.05, 4.69) is 24.8 Å². The zero-order valence-electron chi connectivity index (χ0n) is 10.5. The molecule has 2 rings (SSSR count). The van der Waals surface area contributed by atoms with E-state index in [-0.39, 0.29) is 0 Å². The van der Waals surface area contributed by atoms with Crippen molar-refractivity contribution >= 4 is 0 Å². The number of nitrogens with two attached hydrogens (primary N) is 1. The van der Waals surface area contributed by atoms with Crippen LogP contribution in [0.25, 0.3) is 0 Å². The van der Waals surface area contributed by atoms with E-state index >= 15 is 0 Å². The van der Waals surface area contributed by atoms with Crippen molar-refractivity contribution in [2.24, 2.45) is 5.73 Å². The molecule has 2 heterocycles. The van der Waals surface area contributed by atoms with Gasteiger partial charge in [-0.1, -0.05) is 0 Å². The summed E-state index contributed by atoms with van der Waals surface area (Å²) < 4.78 is 5.59. The van der Waals surface area contributed by atoms with Gasteiger partial charge in [0.25, 0.3) is 0 Å². The molecule has 1 aromatic heterocycles. The van der Waals surface area contributed by atoms with Crippen molar-refractivity contribution in [3.05, 3.63) is 23.2 Å². The molecule has 1 aromatic rings. The quantitative estimate of drug-likeness (QED) is 0.854. The first kappa shape index (κ1) is 11.7. The molecule has 0 aliphatic carbocycles. The molecule has 0 aromatic carbocycles. The first-order chi connectivity index (χ1) is 7.53. The summed E-state index contributed by atoms with van der Waals surface area (Å²) in [7, 11) is 0. The van der Waals surface area contributed by atoms with Crippen molar-refractivity contribution in [2.45, 2.75) is 52.2 Å². The first-order valence-corrected chi connectivity index (χ1v) is 6.06. The molecule has 0 atom stereocenters. The van der Waals surface area contributed by atoms with Gasteiger partial charge in [-0.25, -0.2) is 0 Å². The summed E-state index contributed by atoms with van der Waals surface area (Å²) >= 11 is 0. The molecule has 0 spiro atoms. The van der Waals surface area contributed by atoms with Crippen LogP contribution in [0.4, 0.5) is 0 Å². The minimum Gasteiger partial charge on any atom is -0.465 e. The second-order valence-electron chi connectivity index (χ2n) is 5.34. The summed E-state index contributed by atoms with van der Waals surface area (Å²) in [5.74, 6) is 1.91. The third-order valence-electron chi connectivity index (χ3n) is 3.71. The molecule has 2 N–H and O–H groups in total. The molecule has 0 saturated carbocycles. The summed E-state index contributed by atoms with van der Waals surface area (Å²) in [4.78, 5) is 2.53. The third-order valence-corrected chi connectivity index (χ3v) is 3.71. The highest BCUT2D eigenvalue weighted by Gasteiger charge is 2.32. The molecule has 3 heteroatoms. The summed E-state index contributed by atoms with van der Waals surface area (Å²) in [6, 6.07) is 2.10. The third kappa shape index (κ3) is 2.15. The number of nitrogens with zero attached hydrogens (tertiary/aromatic N) is 1. The Morgan fingerprint density at radius 3 is 2.75 bits per heavy atom. The Morgan fingerprint density at radius 1 is 1.50 bits per heavy atom. The molecule has 1 aliphatic rings. The molecule has 3 nitrogen and oxygen atoms in total. The Morgan fingerprint density at radius 2 is 2.25 bits per heavy atom. The van der Waals surface area contributed by atoms with Crippen molar-refractivity contribution in [2.75, 3.05) is 6.54 Å². The Bertz CT molecular complexity index is 368. The van der Waals surface area contributed by atoms with E-state index in [0.29, 0.717) is 12.1 Å². The van der Waals surface area contributed by atoms with E-state index in [0.717, 1.165) is 18.1 Å². The van der Waals surface area contributed by atoms with E-state index in [9.17, 15) is 0 Å². The van der Waals surface area contributed by atoms with Gasteiger partial charge in [0.05, 0.1) is 6.54 Å². The average molecular weight is 222 g/mol. The SMILES string of the molecule is Cc1oc(CN)cc1CN1CCCC1(C)C. The molecular formula is C13H22N2O. The lowest BCUT2D eigenvalue weighted by Gasteiger charge is -2.31. The van der Waals surface area contributed by atoms with E-state index in [1.165, 1.54) is 24.9 Å². The minimum absolute atomic E-state index is 0.326. The van der Waals surface area contributed by atoms with Gasteiger partial charge in [-0.3, -0.25) is 4.90 Å². The number of furan rings is 1. The fraction of sp³-hybridized carbons (Fsp3) is 0.692. The van der Waals surface area contributed by atoms with E-state index in [1.807, 2.05) is 6.92 Å². The van der Waals surface area contributed by atoms with Crippen LogP contribution in [0, 0.1) is 6.92 Å². The minimum atomic E-state index is 0.326. The first-order valence-electron chi connectivity index (χ1n) is 6.06. The standard InChI is InChI=1S/C13H22N2O/c1-10-11(7-12(8-14)16-10)9-15-6-4-5-13(15,2)3/h7H,4-6,8-9,14H2,1-3H3. The van der Waals surface area contributed by atoms with Gasteiger partial charge in [0, 0.05) is 17.6 Å². The van der Waals surface area contributed by atoms with Crippen LogP contribution in [0.2, 0.25) is 0 Å². The van der Waals surface area contributed by atoms with Crippen LogP contribution in [0.15, 0.2) is 10.5 Å². The summed E-state index contributed by atoms with van der Waals surface area (Å²) in [6.07, 6.45) is 2.58. The lowest BCUT2D eigenvalue weighted by Crippen LogP contribution is -2.37. The Balaban J connectivity index is 2.11. The Labute approximate surface area is 97.6 Å². The van der Waals surface area contributed by atoms with Crippen molar-refractivity contribution in [3.8, 4) is 0 Å². The van der Waals surface area contributed by atoms with Crippen LogP contribution in [-0.4, -0.2) is 17.0 Å². The Kier molecular flexibility index (Phi) is 3.08. The molecule has 0 amide bonds. The van der Waals surface area contributed by atoms with Gasteiger partial charge >= 0.3 is 0 Å². The van der Waals surface area contributed by atoms with Crippen molar-refractivity contribution < 1.29 is 4.42 Å². The van der Waals surface area contributed by atoms with E-state index < -0.39 is 0 Å². The smallest absolute Gasteiger partial charge is 0.118 e. The number of rotatable bonds is 3. The largest absolute Gasteiger partial charge is 0.465 e. The maximum atomic E-state index is 5.59. The Hall–Kier alpha value is -0.800. The predicted octanol–water partition coefficient (Wildman–Crippen LogP) is 2.42. The van der Waals surface area contributed by atoms with Crippen LogP contribution in [0.3, 0.4) is 0 Å². The molecule has 1 aliphatic heterocycles. The zero-order valence-corrected chi connectivity index (χ0v) is 10.5. The monoisotopic (exact) mass is 222 g/mol. The van der Waals surface area contributed by atoms with Crippen molar-refractivity contribution in [1.29, 1.82) is 0 Å². The fourth-order valence-electron chi connectivity index (χ4n) is 2.51. The van der Waals surface area contributed by atoms with Crippen LogP contribution < -0.4 is 5.73 Å². The number of likely N-dealkylation sites (tertiary alicyclic amines) is 1. The molecular weight excluding hydrogens is 200 g/mol. The lowest BCUT2D eigenvalue weighted by atomic mass is 10.0. The molecule has 0 radical (unpaired) electrons. The zero-order chi connectivity index (χ0) is 11.8. The van der Waals surface area contributed by atoms with E-state index in [1.54, 1.807) is 0 Å². The average Bonchev–Trinajstić information content (AvgIpc) is 2.72. The maximum absolute atomic E-state index is 5.59. The number of aryl methyl sites for hydroxylation is 1. The van der Waals surface area contributed by atoms with Gasteiger partial charge in [0.2, 0.25) is 0 Å². The molecule has 90 valence electrons. The van der Waals surface area contributed by atoms with Gasteiger partial charge < -0.3 is 10.2 Å². The highest BCUT2D eigenvalue weighted by molar-refractivity contribution is 5.21. The van der Waals surface area contributed by atoms with Crippen molar-refractivity contribution in [3.63, 3.8) is 0 Å². The second kappa shape index (κ2) is 4.22. The van der Waals surface area contributed by atoms with Gasteiger partial charge in [-0.15, -0.1) is 0 Å². The molecule has 16 heavy (non-hydrogen) atoms. The second-order valence-corrected chi connectivity index (χ2v) is 5.34. The van der Waals surface area contributed by atoms with Crippen LogP contribution >= 0.6 is 0 Å². The highest BCUT2D eigenvalue weighted by Crippen LogP contribution is 2.30. The van der Waals surface area contributed by atoms with Crippen LogP contribution in [-0.2, 0) is 13.1 Å². The fourth-order valence-corrected chi connectivity index (χ4v) is 2.51. The van der Waals surface area contributed by atoms with Gasteiger partial charge in [-0.2, -0.15) is 0 Å². The molecule has 0 bridgehead atoms. The lowest BCUT2D eigenvalue weighted by molar-refractivity contribution is 0.166. The van der Waals surface area contributed by atoms with Crippen LogP contribution in [0.5, 0.6) is 0 Å². The van der Waals surface area contributed by atoms with Crippen LogP contribution in [0.1, 0.15) is 43.8 Å². The van der Waals surface area contributed by atoms with E-state index in [4.69, 9.17) is 10.2 Å². The van der Waals surface area contributed by atoms with Crippen molar-refractivity contribution in [1.82, 2.24) is 4.90 Å². The highest BCUT2D eigenvalue weighted by atomic mass is 16.3. The summed E-state index contributed by atoms with van der Waals surface area (Å²) in [5, 5.41) is 0. The predicted molar refractivity (Wildman–Crippen MR) is 65.1 cm³/mol.